The molecule has 168 valence electrons. The van der Waals surface area contributed by atoms with E-state index >= 15 is 0 Å². The fraction of sp³-hybridized carbons (Fsp3) is 0.609. The molecule has 0 aromatic heterocycles. The number of nitrogens with one attached hydrogen (secondary N) is 2. The van der Waals surface area contributed by atoms with E-state index in [1.54, 1.807) is 12.1 Å². The van der Waals surface area contributed by atoms with E-state index < -0.39 is 23.5 Å². The number of hydrogen-bond acceptors (Lipinski definition) is 5. The van der Waals surface area contributed by atoms with E-state index in [4.69, 9.17) is 4.74 Å². The molecule has 0 radical (unpaired) electrons. The molecular formula is C23H31N3O5. The van der Waals surface area contributed by atoms with Gasteiger partial charge in [-0.2, -0.15) is 0 Å². The van der Waals surface area contributed by atoms with Crippen molar-refractivity contribution >= 4 is 23.4 Å². The van der Waals surface area contributed by atoms with Crippen molar-refractivity contribution in [1.29, 1.82) is 0 Å². The van der Waals surface area contributed by atoms with Gasteiger partial charge in [0.05, 0.1) is 24.5 Å². The van der Waals surface area contributed by atoms with Gasteiger partial charge in [0, 0.05) is 18.8 Å². The number of fused-ring (bicyclic) bond motifs is 1. The topological polar surface area (TPSA) is 108 Å². The Labute approximate surface area is 182 Å². The van der Waals surface area contributed by atoms with Gasteiger partial charge in [-0.3, -0.25) is 14.4 Å². The Morgan fingerprint density at radius 3 is 2.71 bits per heavy atom. The lowest BCUT2D eigenvalue weighted by atomic mass is 9.70. The van der Waals surface area contributed by atoms with Gasteiger partial charge < -0.3 is 25.4 Å². The minimum atomic E-state index is -1.01. The number of carbonyl (C=O) groups is 3. The van der Waals surface area contributed by atoms with Crippen molar-refractivity contribution in [2.24, 2.45) is 11.8 Å². The van der Waals surface area contributed by atoms with Gasteiger partial charge in [-0.25, -0.2) is 0 Å². The van der Waals surface area contributed by atoms with Crippen LogP contribution in [-0.4, -0.2) is 65.2 Å². The minimum absolute atomic E-state index is 0.0468. The molecule has 2 bridgehead atoms. The van der Waals surface area contributed by atoms with Crippen LogP contribution >= 0.6 is 0 Å². The molecule has 3 amide bonds. The number of anilines is 1. The van der Waals surface area contributed by atoms with Gasteiger partial charge in [-0.15, -0.1) is 0 Å². The number of aliphatic hydroxyl groups excluding tert-OH is 1. The number of ether oxygens (including phenoxy) is 1. The molecule has 31 heavy (non-hydrogen) atoms. The zero-order valence-electron chi connectivity index (χ0n) is 17.9. The first-order valence-corrected chi connectivity index (χ1v) is 11.3. The number of carbonyl (C=O) groups excluding carboxylic acids is 3. The summed E-state index contributed by atoms with van der Waals surface area (Å²) in [6, 6.07) is 8.29. The molecular weight excluding hydrogens is 398 g/mol. The SMILES string of the molecule is CCCCCNC(=O)C1N(CCO)C(=O)[C@@H]2[C@H](C(=O)Nc3ccccc3)[C@@H]3CCC12O3. The number of benzene rings is 1. The van der Waals surface area contributed by atoms with Crippen molar-refractivity contribution in [2.75, 3.05) is 25.0 Å². The van der Waals surface area contributed by atoms with E-state index in [0.29, 0.717) is 25.1 Å². The Morgan fingerprint density at radius 2 is 2.00 bits per heavy atom. The van der Waals surface area contributed by atoms with Crippen LogP contribution in [0.3, 0.4) is 0 Å². The van der Waals surface area contributed by atoms with Gasteiger partial charge in [0.15, 0.2) is 0 Å². The predicted octanol–water partition coefficient (Wildman–Crippen LogP) is 1.30. The molecule has 1 aromatic rings. The van der Waals surface area contributed by atoms with Crippen molar-refractivity contribution in [3.8, 4) is 0 Å². The Bertz CT molecular complexity index is 832. The highest BCUT2D eigenvalue weighted by Gasteiger charge is 2.74. The molecule has 3 aliphatic heterocycles. The molecule has 2 unspecified atom stereocenters. The van der Waals surface area contributed by atoms with Crippen molar-refractivity contribution in [1.82, 2.24) is 10.2 Å². The largest absolute Gasteiger partial charge is 0.395 e. The highest BCUT2D eigenvalue weighted by molar-refractivity contribution is 6.01. The van der Waals surface area contributed by atoms with Crippen molar-refractivity contribution in [3.63, 3.8) is 0 Å². The van der Waals surface area contributed by atoms with Crippen LogP contribution in [0.25, 0.3) is 0 Å². The number of para-hydroxylation sites is 1. The molecule has 3 fully saturated rings. The van der Waals surface area contributed by atoms with Crippen LogP contribution in [0.1, 0.15) is 39.0 Å². The number of nitrogens with zero attached hydrogens (tertiary/aromatic N) is 1. The highest BCUT2D eigenvalue weighted by Crippen LogP contribution is 2.58. The highest BCUT2D eigenvalue weighted by atomic mass is 16.5. The number of aliphatic hydroxyl groups is 1. The Balaban J connectivity index is 1.58. The summed E-state index contributed by atoms with van der Waals surface area (Å²) in [5, 5.41) is 15.4. The third-order valence-electron chi connectivity index (χ3n) is 6.81. The number of rotatable bonds is 9. The van der Waals surface area contributed by atoms with E-state index in [2.05, 4.69) is 17.6 Å². The van der Waals surface area contributed by atoms with Crippen molar-refractivity contribution in [2.45, 2.75) is 56.8 Å². The summed E-state index contributed by atoms with van der Waals surface area (Å²) >= 11 is 0. The lowest BCUT2D eigenvalue weighted by Crippen LogP contribution is -2.55. The zero-order valence-corrected chi connectivity index (χ0v) is 17.9. The molecule has 8 heteroatoms. The number of β-amino-alcohol motifs (C(OH)–C–C–N with tert-alkyl or cyclic N) is 1. The summed E-state index contributed by atoms with van der Waals surface area (Å²) in [7, 11) is 0. The first kappa shape index (κ1) is 21.8. The third-order valence-corrected chi connectivity index (χ3v) is 6.81. The molecule has 3 N–H and O–H groups in total. The standard InChI is InChI=1S/C23H31N3O5/c1-2-3-7-12-24-21(29)19-23-11-10-16(31-23)17(18(23)22(30)26(19)13-14-27)20(28)25-15-8-5-4-6-9-15/h4-6,8-9,16-19,27H,2-3,7,10-14H2,1H3,(H,24,29)(H,25,28)/t16-,17+,18-,19?,23?/m0/s1. The molecule has 1 aromatic carbocycles. The molecule has 4 rings (SSSR count). The first-order chi connectivity index (χ1) is 15.0. The van der Waals surface area contributed by atoms with E-state index in [9.17, 15) is 19.5 Å². The number of unbranched alkanes of at least 4 members (excludes halogenated alkanes) is 2. The van der Waals surface area contributed by atoms with Gasteiger partial charge >= 0.3 is 0 Å². The summed E-state index contributed by atoms with van der Waals surface area (Å²) in [4.78, 5) is 41.1. The average molecular weight is 430 g/mol. The zero-order chi connectivity index (χ0) is 22.0. The summed E-state index contributed by atoms with van der Waals surface area (Å²) in [6.45, 7) is 2.42. The van der Waals surface area contributed by atoms with Crippen LogP contribution in [-0.2, 0) is 19.1 Å². The van der Waals surface area contributed by atoms with E-state index in [-0.39, 0.29) is 37.0 Å². The second-order valence-corrected chi connectivity index (χ2v) is 8.66. The third kappa shape index (κ3) is 3.72. The molecule has 5 atom stereocenters. The normalized spacial score (nSPS) is 31.0. The molecule has 3 heterocycles. The number of likely N-dealkylation sites (tertiary alicyclic amines) is 1. The molecule has 1 spiro atoms. The van der Waals surface area contributed by atoms with Gasteiger partial charge in [0.1, 0.15) is 11.6 Å². The second-order valence-electron chi connectivity index (χ2n) is 8.66. The van der Waals surface area contributed by atoms with Gasteiger partial charge in [-0.05, 0) is 31.4 Å². The molecule has 3 aliphatic rings. The van der Waals surface area contributed by atoms with E-state index in [1.807, 2.05) is 18.2 Å². The summed E-state index contributed by atoms with van der Waals surface area (Å²) in [5.41, 5.74) is -0.350. The Kier molecular flexibility index (Phi) is 6.29. The molecule has 0 saturated carbocycles. The smallest absolute Gasteiger partial charge is 0.245 e. The number of hydrogen-bond donors (Lipinski definition) is 3. The number of amides is 3. The quantitative estimate of drug-likeness (QED) is 0.513. The molecule has 0 aliphatic carbocycles. The summed E-state index contributed by atoms with van der Waals surface area (Å²) < 4.78 is 6.30. The molecule has 3 saturated heterocycles. The van der Waals surface area contributed by atoms with Crippen LogP contribution in [0.5, 0.6) is 0 Å². The van der Waals surface area contributed by atoms with E-state index in [1.165, 1.54) is 4.90 Å². The fourth-order valence-corrected chi connectivity index (χ4v) is 5.53. The monoisotopic (exact) mass is 429 g/mol. The van der Waals surface area contributed by atoms with Crippen molar-refractivity contribution in [3.05, 3.63) is 30.3 Å². The lowest BCUT2D eigenvalue weighted by molar-refractivity contribution is -0.141. The van der Waals surface area contributed by atoms with E-state index in [0.717, 1.165) is 19.3 Å². The molecule has 8 nitrogen and oxygen atoms in total. The second kappa shape index (κ2) is 8.96. The maximum Gasteiger partial charge on any atom is 0.245 e. The van der Waals surface area contributed by atoms with Gasteiger partial charge in [0.25, 0.3) is 0 Å². The van der Waals surface area contributed by atoms with Gasteiger partial charge in [-0.1, -0.05) is 38.0 Å². The minimum Gasteiger partial charge on any atom is -0.395 e. The van der Waals surface area contributed by atoms with Crippen molar-refractivity contribution < 1.29 is 24.2 Å². The Morgan fingerprint density at radius 1 is 1.23 bits per heavy atom. The fourth-order valence-electron chi connectivity index (χ4n) is 5.53. The van der Waals surface area contributed by atoms with Crippen LogP contribution in [0.15, 0.2) is 30.3 Å². The Hall–Kier alpha value is -2.45. The maximum absolute atomic E-state index is 13.4. The van der Waals surface area contributed by atoms with Crippen LogP contribution < -0.4 is 10.6 Å². The summed E-state index contributed by atoms with van der Waals surface area (Å²) in [6.07, 6.45) is 3.72. The first-order valence-electron chi connectivity index (χ1n) is 11.3. The predicted molar refractivity (Wildman–Crippen MR) is 114 cm³/mol. The lowest BCUT2D eigenvalue weighted by Gasteiger charge is -2.33. The summed E-state index contributed by atoms with van der Waals surface area (Å²) in [5.74, 6) is -2.17. The van der Waals surface area contributed by atoms with Crippen LogP contribution in [0.4, 0.5) is 5.69 Å². The van der Waals surface area contributed by atoms with Crippen LogP contribution in [0.2, 0.25) is 0 Å². The van der Waals surface area contributed by atoms with Gasteiger partial charge in [0.2, 0.25) is 17.7 Å². The average Bonchev–Trinajstić information content (AvgIpc) is 3.40. The maximum atomic E-state index is 13.4. The van der Waals surface area contributed by atoms with Crippen LogP contribution in [0, 0.1) is 11.8 Å².